The molecule has 0 unspecified atom stereocenters. The zero-order valence-electron chi connectivity index (χ0n) is 12.9. The van der Waals surface area contributed by atoms with E-state index in [9.17, 15) is 23.1 Å². The number of benzene rings is 2. The largest absolute Gasteiger partial charge is 0.545 e. The van der Waals surface area contributed by atoms with Gasteiger partial charge in [0.2, 0.25) is 0 Å². The lowest BCUT2D eigenvalue weighted by Crippen LogP contribution is -2.24. The Morgan fingerprint density at radius 3 is 2.48 bits per heavy atom. The second-order valence-electron chi connectivity index (χ2n) is 5.25. The van der Waals surface area contributed by atoms with Crippen LogP contribution in [0.1, 0.15) is 15.9 Å². The Kier molecular flexibility index (Phi) is 4.08. The van der Waals surface area contributed by atoms with Crippen LogP contribution >= 0.6 is 0 Å². The van der Waals surface area contributed by atoms with Crippen LogP contribution in [0.25, 0.3) is 22.2 Å². The van der Waals surface area contributed by atoms with Crippen molar-refractivity contribution in [3.63, 3.8) is 0 Å². The third-order valence-corrected chi connectivity index (χ3v) is 3.72. The van der Waals surface area contributed by atoms with Gasteiger partial charge in [0.15, 0.2) is 5.75 Å². The third-order valence-electron chi connectivity index (χ3n) is 3.72. The van der Waals surface area contributed by atoms with Gasteiger partial charge in [-0.2, -0.15) is 13.2 Å². The highest BCUT2D eigenvalue weighted by molar-refractivity contribution is 6.06. The fraction of sp³-hybridized carbons (Fsp3) is 0.111. The number of carboxylic acid groups (broad SMARTS) is 1. The summed E-state index contributed by atoms with van der Waals surface area (Å²) in [5.41, 5.74) is -0.695. The first kappa shape index (κ1) is 16.8. The van der Waals surface area contributed by atoms with Crippen molar-refractivity contribution in [2.45, 2.75) is 6.18 Å². The molecular weight excluding hydrogens is 335 g/mol. The van der Waals surface area contributed by atoms with Crippen LogP contribution in [0, 0.1) is 0 Å². The zero-order valence-corrected chi connectivity index (χ0v) is 12.9. The lowest BCUT2D eigenvalue weighted by molar-refractivity contribution is -0.254. The van der Waals surface area contributed by atoms with Crippen LogP contribution in [0.4, 0.5) is 13.2 Å². The number of aromatic carboxylic acids is 1. The number of aromatic nitrogens is 1. The number of carbonyl (C=O) groups excluding carboxylic acids is 1. The van der Waals surface area contributed by atoms with Crippen LogP contribution in [-0.2, 0) is 6.18 Å². The van der Waals surface area contributed by atoms with Crippen molar-refractivity contribution in [3.8, 4) is 17.0 Å². The van der Waals surface area contributed by atoms with Gasteiger partial charge in [0, 0.05) is 10.9 Å². The number of rotatable bonds is 3. The lowest BCUT2D eigenvalue weighted by atomic mass is 10.0. The van der Waals surface area contributed by atoms with Crippen molar-refractivity contribution in [1.82, 2.24) is 4.98 Å². The molecular formula is C18H11F3NO3-. The van der Waals surface area contributed by atoms with Crippen LogP contribution < -0.4 is 9.84 Å². The molecule has 7 heteroatoms. The summed E-state index contributed by atoms with van der Waals surface area (Å²) in [5, 5.41) is 11.9. The fourth-order valence-electron chi connectivity index (χ4n) is 2.63. The topological polar surface area (TPSA) is 62.2 Å². The van der Waals surface area contributed by atoms with Gasteiger partial charge >= 0.3 is 6.18 Å². The van der Waals surface area contributed by atoms with Gasteiger partial charge < -0.3 is 14.6 Å². The van der Waals surface area contributed by atoms with Crippen molar-refractivity contribution in [3.05, 3.63) is 59.7 Å². The van der Waals surface area contributed by atoms with Gasteiger partial charge in [0.1, 0.15) is 5.69 Å². The molecule has 0 aliphatic rings. The summed E-state index contributed by atoms with van der Waals surface area (Å²) >= 11 is 0. The molecule has 0 spiro atoms. The van der Waals surface area contributed by atoms with Crippen LogP contribution in [0.2, 0.25) is 0 Å². The molecule has 1 heterocycles. The number of hydrogen-bond acceptors (Lipinski definition) is 4. The molecule has 0 radical (unpaired) electrons. The number of ether oxygens (including phenoxy) is 1. The number of alkyl halides is 3. The van der Waals surface area contributed by atoms with Gasteiger partial charge in [-0.1, -0.05) is 30.3 Å². The SMILES string of the molecule is COc1c(-c2cccc(C(F)(F)F)c2)nc2ccccc2c1C(=O)[O-]. The van der Waals surface area contributed by atoms with Gasteiger partial charge in [0.25, 0.3) is 0 Å². The molecule has 1 aromatic heterocycles. The number of hydrogen-bond donors (Lipinski definition) is 0. The number of carboxylic acids is 1. The van der Waals surface area contributed by atoms with E-state index in [1.165, 1.54) is 25.3 Å². The van der Waals surface area contributed by atoms with Crippen LogP contribution in [-0.4, -0.2) is 18.1 Å². The molecule has 0 N–H and O–H groups in total. The number of halogens is 3. The molecule has 3 aromatic rings. The third kappa shape index (κ3) is 3.00. The lowest BCUT2D eigenvalue weighted by Gasteiger charge is -2.17. The molecule has 3 rings (SSSR count). The summed E-state index contributed by atoms with van der Waals surface area (Å²) in [6.45, 7) is 0. The highest BCUT2D eigenvalue weighted by Gasteiger charge is 2.31. The Morgan fingerprint density at radius 1 is 1.12 bits per heavy atom. The predicted octanol–water partition coefficient (Wildman–Crippen LogP) is 3.29. The monoisotopic (exact) mass is 346 g/mol. The van der Waals surface area contributed by atoms with Crippen molar-refractivity contribution in [1.29, 1.82) is 0 Å². The molecule has 0 bridgehead atoms. The van der Waals surface area contributed by atoms with Gasteiger partial charge in [0.05, 0.1) is 29.7 Å². The maximum Gasteiger partial charge on any atom is 0.416 e. The molecule has 0 aliphatic carbocycles. The Balaban J connectivity index is 2.35. The first-order chi connectivity index (χ1) is 11.8. The number of carbonyl (C=O) groups is 1. The van der Waals surface area contributed by atoms with E-state index in [1.54, 1.807) is 18.2 Å². The molecule has 0 saturated heterocycles. The van der Waals surface area contributed by atoms with Gasteiger partial charge in [-0.3, -0.25) is 0 Å². The maximum absolute atomic E-state index is 13.0. The Morgan fingerprint density at radius 2 is 1.84 bits per heavy atom. The maximum atomic E-state index is 13.0. The van der Waals surface area contributed by atoms with Crippen molar-refractivity contribution in [2.24, 2.45) is 0 Å². The normalized spacial score (nSPS) is 11.5. The van der Waals surface area contributed by atoms with Crippen LogP contribution in [0.5, 0.6) is 5.75 Å². The van der Waals surface area contributed by atoms with Crippen molar-refractivity contribution in [2.75, 3.05) is 7.11 Å². The van der Waals surface area contributed by atoms with Crippen molar-refractivity contribution >= 4 is 16.9 Å². The van der Waals surface area contributed by atoms with E-state index in [0.29, 0.717) is 5.52 Å². The molecule has 0 fully saturated rings. The summed E-state index contributed by atoms with van der Waals surface area (Å²) in [4.78, 5) is 15.9. The van der Waals surface area contributed by atoms with E-state index in [2.05, 4.69) is 4.98 Å². The zero-order chi connectivity index (χ0) is 18.2. The standard InChI is InChI=1S/C18H12F3NO3/c1-25-16-14(17(23)24)12-7-2-3-8-13(12)22-15(16)10-5-4-6-11(9-10)18(19,20)21/h2-9H,1H3,(H,23,24)/p-1. The van der Waals surface area contributed by atoms with Crippen LogP contribution in [0.3, 0.4) is 0 Å². The van der Waals surface area contributed by atoms with E-state index in [4.69, 9.17) is 4.74 Å². The Labute approximate surface area is 140 Å². The summed E-state index contributed by atoms with van der Waals surface area (Å²) in [5.74, 6) is -1.64. The minimum Gasteiger partial charge on any atom is -0.545 e. The second-order valence-corrected chi connectivity index (χ2v) is 5.25. The molecule has 25 heavy (non-hydrogen) atoms. The number of nitrogens with zero attached hydrogens (tertiary/aromatic N) is 1. The van der Waals surface area contributed by atoms with Gasteiger partial charge in [-0.05, 0) is 18.2 Å². The van der Waals surface area contributed by atoms with Crippen molar-refractivity contribution < 1.29 is 27.8 Å². The number of fused-ring (bicyclic) bond motifs is 1. The van der Waals surface area contributed by atoms with Gasteiger partial charge in [-0.15, -0.1) is 0 Å². The average Bonchev–Trinajstić information content (AvgIpc) is 2.59. The quantitative estimate of drug-likeness (QED) is 0.730. The molecule has 128 valence electrons. The minimum atomic E-state index is -4.53. The molecule has 0 atom stereocenters. The van der Waals surface area contributed by atoms with E-state index in [1.807, 2.05) is 0 Å². The Bertz CT molecular complexity index is 967. The van der Waals surface area contributed by atoms with E-state index in [-0.39, 0.29) is 28.0 Å². The van der Waals surface area contributed by atoms with Gasteiger partial charge in [-0.25, -0.2) is 4.98 Å². The number of methoxy groups -OCH3 is 1. The van der Waals surface area contributed by atoms with E-state index < -0.39 is 17.7 Å². The molecule has 0 saturated carbocycles. The first-order valence-corrected chi connectivity index (χ1v) is 7.18. The summed E-state index contributed by atoms with van der Waals surface area (Å²) < 4.78 is 44.1. The minimum absolute atomic E-state index is 0.00602. The fourth-order valence-corrected chi connectivity index (χ4v) is 2.63. The Hall–Kier alpha value is -3.09. The molecule has 4 nitrogen and oxygen atoms in total. The van der Waals surface area contributed by atoms with Crippen LogP contribution in [0.15, 0.2) is 48.5 Å². The average molecular weight is 346 g/mol. The highest BCUT2D eigenvalue weighted by atomic mass is 19.4. The summed E-state index contributed by atoms with van der Waals surface area (Å²) in [6, 6.07) is 10.8. The smallest absolute Gasteiger partial charge is 0.416 e. The first-order valence-electron chi connectivity index (χ1n) is 7.18. The highest BCUT2D eigenvalue weighted by Crippen LogP contribution is 2.38. The number of pyridine rings is 1. The number of para-hydroxylation sites is 1. The summed E-state index contributed by atoms with van der Waals surface area (Å²) in [7, 11) is 1.23. The molecule has 0 amide bonds. The summed E-state index contributed by atoms with van der Waals surface area (Å²) in [6.07, 6.45) is -4.53. The molecule has 2 aromatic carbocycles. The molecule has 0 aliphatic heterocycles. The predicted molar refractivity (Wildman–Crippen MR) is 83.1 cm³/mol. The van der Waals surface area contributed by atoms with E-state index in [0.717, 1.165) is 12.1 Å². The second kappa shape index (κ2) is 6.08. The van der Waals surface area contributed by atoms with E-state index >= 15 is 0 Å².